The van der Waals surface area contributed by atoms with Crippen molar-refractivity contribution in [2.75, 3.05) is 23.1 Å². The Morgan fingerprint density at radius 3 is 2.40 bits per heavy atom. The topological polar surface area (TPSA) is 66.5 Å². The highest BCUT2D eigenvalue weighted by Gasteiger charge is 2.28. The van der Waals surface area contributed by atoms with Gasteiger partial charge in [-0.05, 0) is 73.5 Å². The molecule has 0 aromatic heterocycles. The van der Waals surface area contributed by atoms with Gasteiger partial charge >= 0.3 is 0 Å². The highest BCUT2D eigenvalue weighted by molar-refractivity contribution is 7.98. The fourth-order valence-corrected chi connectivity index (χ4v) is 6.38. The fraction of sp³-hybridized carbons (Fsp3) is 0.269. The number of nitrogens with zero attached hydrogens (tertiary/aromatic N) is 1. The Morgan fingerprint density at radius 2 is 1.71 bits per heavy atom. The lowest BCUT2D eigenvalue weighted by Crippen LogP contribution is -2.41. The third-order valence-corrected chi connectivity index (χ3v) is 8.80. The minimum Gasteiger partial charge on any atom is -0.354 e. The zero-order chi connectivity index (χ0) is 25.4. The number of anilines is 1. The molecule has 0 aliphatic rings. The average Bonchev–Trinajstić information content (AvgIpc) is 2.81. The molecule has 9 heteroatoms. The van der Waals surface area contributed by atoms with Gasteiger partial charge in [0, 0.05) is 22.3 Å². The molecule has 1 N–H and O–H groups in total. The molecule has 186 valence electrons. The van der Waals surface area contributed by atoms with Crippen LogP contribution in [0.15, 0.2) is 71.6 Å². The van der Waals surface area contributed by atoms with Crippen molar-refractivity contribution in [2.24, 2.45) is 0 Å². The van der Waals surface area contributed by atoms with Crippen LogP contribution in [0.1, 0.15) is 23.1 Å². The Balaban J connectivity index is 1.63. The normalized spacial score (nSPS) is 11.3. The highest BCUT2D eigenvalue weighted by Crippen LogP contribution is 2.29. The van der Waals surface area contributed by atoms with Crippen LogP contribution in [0.4, 0.5) is 5.69 Å². The van der Waals surface area contributed by atoms with Crippen LogP contribution in [0, 0.1) is 13.8 Å². The number of carbonyl (C=O) groups is 1. The van der Waals surface area contributed by atoms with Gasteiger partial charge in [0.05, 0.1) is 10.6 Å². The lowest BCUT2D eigenvalue weighted by molar-refractivity contribution is -0.119. The standard InChI is InChI=1S/C26H28Cl2N2O3S2/c1-19-8-11-23(12-9-19)35(32,33)30(25-13-10-22(27)16-20(25)2)17-26(31)29-14-5-15-34-18-21-6-3-4-7-24(21)28/h3-4,6-13,16H,5,14-15,17-18H2,1-2H3,(H,29,31). The molecule has 1 amide bonds. The summed E-state index contributed by atoms with van der Waals surface area (Å²) in [5.41, 5.74) is 3.11. The van der Waals surface area contributed by atoms with Gasteiger partial charge in [0.15, 0.2) is 0 Å². The van der Waals surface area contributed by atoms with Crippen LogP contribution in [0.3, 0.4) is 0 Å². The maximum absolute atomic E-state index is 13.5. The number of aryl methyl sites for hydroxylation is 2. The third kappa shape index (κ3) is 7.64. The molecule has 35 heavy (non-hydrogen) atoms. The number of amides is 1. The van der Waals surface area contributed by atoms with E-state index in [0.717, 1.165) is 38.4 Å². The van der Waals surface area contributed by atoms with E-state index in [1.165, 1.54) is 0 Å². The number of halogens is 2. The van der Waals surface area contributed by atoms with Crippen molar-refractivity contribution >= 4 is 56.6 Å². The first-order chi connectivity index (χ1) is 16.7. The maximum atomic E-state index is 13.5. The van der Waals surface area contributed by atoms with Gasteiger partial charge in [0.1, 0.15) is 6.54 Å². The summed E-state index contributed by atoms with van der Waals surface area (Å²) in [5.74, 6) is 1.27. The molecule has 0 spiro atoms. The van der Waals surface area contributed by atoms with E-state index < -0.39 is 10.0 Å². The van der Waals surface area contributed by atoms with E-state index in [-0.39, 0.29) is 17.3 Å². The molecule has 3 aromatic rings. The lowest BCUT2D eigenvalue weighted by Gasteiger charge is -2.26. The van der Waals surface area contributed by atoms with Crippen LogP contribution in [-0.4, -0.2) is 33.2 Å². The Kier molecular flexibility index (Phi) is 9.92. The Bertz CT molecular complexity index is 1270. The quantitative estimate of drug-likeness (QED) is 0.287. The van der Waals surface area contributed by atoms with Gasteiger partial charge in [-0.1, -0.05) is 59.1 Å². The van der Waals surface area contributed by atoms with Crippen LogP contribution in [0.25, 0.3) is 0 Å². The first-order valence-corrected chi connectivity index (χ1v) is 14.5. The van der Waals surface area contributed by atoms with Crippen LogP contribution >= 0.6 is 35.0 Å². The molecule has 0 fully saturated rings. The Labute approximate surface area is 221 Å². The largest absolute Gasteiger partial charge is 0.354 e. The van der Waals surface area contributed by atoms with Gasteiger partial charge in [-0.2, -0.15) is 11.8 Å². The van der Waals surface area contributed by atoms with E-state index in [1.807, 2.05) is 31.2 Å². The number of thioether (sulfide) groups is 1. The molecule has 0 heterocycles. The molecule has 0 aliphatic carbocycles. The number of hydrogen-bond acceptors (Lipinski definition) is 4. The molecular weight excluding hydrogens is 523 g/mol. The van der Waals surface area contributed by atoms with Gasteiger partial charge in [-0.25, -0.2) is 8.42 Å². The minimum atomic E-state index is -3.96. The Morgan fingerprint density at radius 1 is 1.00 bits per heavy atom. The van der Waals surface area contributed by atoms with Crippen molar-refractivity contribution in [2.45, 2.75) is 30.9 Å². The second-order valence-corrected chi connectivity index (χ2v) is 11.9. The highest BCUT2D eigenvalue weighted by atomic mass is 35.5. The number of nitrogens with one attached hydrogen (secondary N) is 1. The molecule has 0 saturated heterocycles. The minimum absolute atomic E-state index is 0.126. The van der Waals surface area contributed by atoms with Crippen molar-refractivity contribution in [3.05, 3.63) is 93.5 Å². The van der Waals surface area contributed by atoms with Crippen LogP contribution in [-0.2, 0) is 20.6 Å². The number of carbonyl (C=O) groups excluding carboxylic acids is 1. The summed E-state index contributed by atoms with van der Waals surface area (Å²) >= 11 is 14.0. The van der Waals surface area contributed by atoms with Crippen molar-refractivity contribution < 1.29 is 13.2 Å². The number of benzene rings is 3. The van der Waals surface area contributed by atoms with E-state index in [4.69, 9.17) is 23.2 Å². The first kappa shape index (κ1) is 27.4. The predicted octanol–water partition coefficient (Wildman–Crippen LogP) is 6.25. The van der Waals surface area contributed by atoms with Crippen LogP contribution in [0.5, 0.6) is 0 Å². The Hall–Kier alpha value is -2.19. The summed E-state index contributed by atoms with van der Waals surface area (Å²) in [7, 11) is -3.96. The molecule has 0 saturated carbocycles. The van der Waals surface area contributed by atoms with Crippen LogP contribution < -0.4 is 9.62 Å². The monoisotopic (exact) mass is 550 g/mol. The zero-order valence-electron chi connectivity index (χ0n) is 19.6. The molecule has 3 rings (SSSR count). The summed E-state index contributed by atoms with van der Waals surface area (Å²) < 4.78 is 28.1. The number of rotatable bonds is 11. The molecule has 3 aromatic carbocycles. The summed E-state index contributed by atoms with van der Waals surface area (Å²) in [6.07, 6.45) is 0.756. The molecule has 0 atom stereocenters. The van der Waals surface area contributed by atoms with Crippen molar-refractivity contribution in [1.29, 1.82) is 0 Å². The summed E-state index contributed by atoms with van der Waals surface area (Å²) in [5, 5.41) is 4.09. The fourth-order valence-electron chi connectivity index (χ4n) is 3.42. The third-order valence-electron chi connectivity index (χ3n) is 5.33. The molecule has 0 unspecified atom stereocenters. The molecule has 0 bridgehead atoms. The van der Waals surface area contributed by atoms with E-state index in [0.29, 0.717) is 22.8 Å². The van der Waals surface area contributed by atoms with E-state index in [1.54, 1.807) is 61.2 Å². The SMILES string of the molecule is Cc1ccc(S(=O)(=O)N(CC(=O)NCCCSCc2ccccc2Cl)c2ccc(Cl)cc2C)cc1. The van der Waals surface area contributed by atoms with E-state index >= 15 is 0 Å². The second-order valence-electron chi connectivity index (χ2n) is 8.10. The summed E-state index contributed by atoms with van der Waals surface area (Å²) in [6.45, 7) is 3.78. The molecular formula is C26H28Cl2N2O3S2. The van der Waals surface area contributed by atoms with Gasteiger partial charge < -0.3 is 5.32 Å². The van der Waals surface area contributed by atoms with Gasteiger partial charge in [0.2, 0.25) is 5.91 Å². The average molecular weight is 552 g/mol. The number of hydrogen-bond donors (Lipinski definition) is 1. The molecule has 5 nitrogen and oxygen atoms in total. The first-order valence-electron chi connectivity index (χ1n) is 11.1. The molecule has 0 aliphatic heterocycles. The van der Waals surface area contributed by atoms with E-state index in [2.05, 4.69) is 5.32 Å². The van der Waals surface area contributed by atoms with E-state index in [9.17, 15) is 13.2 Å². The van der Waals surface area contributed by atoms with Crippen molar-refractivity contribution in [1.82, 2.24) is 5.32 Å². The number of sulfonamides is 1. The van der Waals surface area contributed by atoms with Gasteiger partial charge in [-0.3, -0.25) is 9.10 Å². The van der Waals surface area contributed by atoms with Gasteiger partial charge in [-0.15, -0.1) is 0 Å². The zero-order valence-corrected chi connectivity index (χ0v) is 22.8. The summed E-state index contributed by atoms with van der Waals surface area (Å²) in [6, 6.07) is 19.2. The summed E-state index contributed by atoms with van der Waals surface area (Å²) in [4.78, 5) is 12.9. The lowest BCUT2D eigenvalue weighted by atomic mass is 10.2. The van der Waals surface area contributed by atoms with Crippen LogP contribution in [0.2, 0.25) is 10.0 Å². The second kappa shape index (κ2) is 12.7. The van der Waals surface area contributed by atoms with Crippen molar-refractivity contribution in [3.63, 3.8) is 0 Å². The maximum Gasteiger partial charge on any atom is 0.264 e. The van der Waals surface area contributed by atoms with Crippen molar-refractivity contribution in [3.8, 4) is 0 Å². The predicted molar refractivity (Wildman–Crippen MR) is 147 cm³/mol. The smallest absolute Gasteiger partial charge is 0.264 e. The van der Waals surface area contributed by atoms with Gasteiger partial charge in [0.25, 0.3) is 10.0 Å². The molecule has 0 radical (unpaired) electrons.